The maximum Gasteiger partial charge on any atom is 0.343 e. The van der Waals surface area contributed by atoms with Gasteiger partial charge in [-0.25, -0.2) is 9.18 Å². The van der Waals surface area contributed by atoms with Crippen molar-refractivity contribution in [1.82, 2.24) is 0 Å². The molecule has 0 aliphatic heterocycles. The van der Waals surface area contributed by atoms with Crippen molar-refractivity contribution in [3.8, 4) is 0 Å². The highest BCUT2D eigenvalue weighted by Gasteiger charge is 2.82. The molecule has 1 saturated carbocycles. The van der Waals surface area contributed by atoms with Crippen LogP contribution in [0.3, 0.4) is 0 Å². The third kappa shape index (κ3) is 1.30. The molecule has 9 heteroatoms. The van der Waals surface area contributed by atoms with Crippen molar-refractivity contribution >= 4 is 23.9 Å². The first kappa shape index (κ1) is 13.9. The van der Waals surface area contributed by atoms with Crippen LogP contribution in [-0.2, 0) is 19.2 Å². The molecule has 1 aliphatic carbocycles. The Morgan fingerprint density at radius 3 is 1.39 bits per heavy atom. The van der Waals surface area contributed by atoms with Gasteiger partial charge >= 0.3 is 23.9 Å². The van der Waals surface area contributed by atoms with E-state index >= 15 is 0 Å². The van der Waals surface area contributed by atoms with Crippen LogP contribution in [0, 0.1) is 17.3 Å². The largest absolute Gasteiger partial charge is 0.481 e. The van der Waals surface area contributed by atoms with Gasteiger partial charge in [0.15, 0.2) is 0 Å². The van der Waals surface area contributed by atoms with Gasteiger partial charge in [0.05, 0.1) is 5.41 Å². The van der Waals surface area contributed by atoms with E-state index in [-0.39, 0.29) is 0 Å². The van der Waals surface area contributed by atoms with Gasteiger partial charge in [0, 0.05) is 0 Å². The van der Waals surface area contributed by atoms with Crippen LogP contribution in [0.5, 0.6) is 0 Å². The molecule has 2 atom stereocenters. The van der Waals surface area contributed by atoms with Gasteiger partial charge in [-0.1, -0.05) is 0 Å². The summed E-state index contributed by atoms with van der Waals surface area (Å²) in [6.45, 7) is 0.702. The van der Waals surface area contributed by atoms with Gasteiger partial charge in [-0.05, 0) is 6.92 Å². The van der Waals surface area contributed by atoms with Crippen molar-refractivity contribution in [1.29, 1.82) is 0 Å². The molecule has 4 N–H and O–H groups in total. The van der Waals surface area contributed by atoms with Gasteiger partial charge in [-0.2, -0.15) is 0 Å². The SMILES string of the molecule is CC1(C(=O)O)C(C(=O)O)C(F)(C(=O)O)C1C(=O)O. The predicted octanol–water partition coefficient (Wildman–Crippen LogP) is -0.715. The van der Waals surface area contributed by atoms with Crippen LogP contribution in [0.15, 0.2) is 0 Å². The smallest absolute Gasteiger partial charge is 0.343 e. The molecule has 0 radical (unpaired) electrons. The van der Waals surface area contributed by atoms with E-state index in [0.717, 1.165) is 0 Å². The van der Waals surface area contributed by atoms with Crippen molar-refractivity contribution in [3.05, 3.63) is 0 Å². The fraction of sp³-hybridized carbons (Fsp3) is 0.556. The van der Waals surface area contributed by atoms with Crippen LogP contribution in [0.2, 0.25) is 0 Å². The molecule has 2 unspecified atom stereocenters. The number of aliphatic carboxylic acids is 4. The Kier molecular flexibility index (Phi) is 2.81. The number of carboxylic acids is 4. The molecule has 0 heterocycles. The molecule has 0 aromatic rings. The first-order valence-electron chi connectivity index (χ1n) is 4.63. The zero-order valence-electron chi connectivity index (χ0n) is 8.95. The van der Waals surface area contributed by atoms with E-state index in [2.05, 4.69) is 0 Å². The Morgan fingerprint density at radius 2 is 1.22 bits per heavy atom. The molecular formula is C9H9FO8. The van der Waals surface area contributed by atoms with Gasteiger partial charge in [0.2, 0.25) is 5.67 Å². The topological polar surface area (TPSA) is 149 Å². The molecule has 100 valence electrons. The van der Waals surface area contributed by atoms with Crippen molar-refractivity contribution in [2.75, 3.05) is 0 Å². The summed E-state index contributed by atoms with van der Waals surface area (Å²) < 4.78 is 14.1. The second-order valence-electron chi connectivity index (χ2n) is 4.20. The number of rotatable bonds is 4. The molecule has 0 amide bonds. The summed E-state index contributed by atoms with van der Waals surface area (Å²) in [5.74, 6) is -13.1. The van der Waals surface area contributed by atoms with Crippen molar-refractivity contribution in [2.24, 2.45) is 17.3 Å². The highest BCUT2D eigenvalue weighted by molar-refractivity contribution is 6.02. The Bertz CT molecular complexity index is 405. The molecule has 0 aromatic heterocycles. The van der Waals surface area contributed by atoms with Gasteiger partial charge in [0.1, 0.15) is 11.8 Å². The quantitative estimate of drug-likeness (QED) is 0.519. The van der Waals surface area contributed by atoms with Crippen LogP contribution in [-0.4, -0.2) is 50.0 Å². The Labute approximate surface area is 98.6 Å². The highest BCUT2D eigenvalue weighted by atomic mass is 19.1. The molecular weight excluding hydrogens is 255 g/mol. The van der Waals surface area contributed by atoms with Gasteiger partial charge in [0.25, 0.3) is 0 Å². The van der Waals surface area contributed by atoms with Crippen LogP contribution >= 0.6 is 0 Å². The average molecular weight is 264 g/mol. The Morgan fingerprint density at radius 1 is 0.889 bits per heavy atom. The zero-order valence-corrected chi connectivity index (χ0v) is 8.95. The lowest BCUT2D eigenvalue weighted by molar-refractivity contribution is -0.236. The molecule has 0 bridgehead atoms. The van der Waals surface area contributed by atoms with Crippen LogP contribution in [0.1, 0.15) is 6.92 Å². The molecule has 0 aromatic carbocycles. The summed E-state index contributed by atoms with van der Waals surface area (Å²) in [5.41, 5.74) is -6.17. The summed E-state index contributed by atoms with van der Waals surface area (Å²) in [6, 6.07) is 0. The van der Waals surface area contributed by atoms with E-state index in [4.69, 9.17) is 20.4 Å². The molecule has 8 nitrogen and oxygen atoms in total. The van der Waals surface area contributed by atoms with Crippen LogP contribution in [0.4, 0.5) is 4.39 Å². The normalized spacial score (nSPS) is 38.6. The maximum atomic E-state index is 14.1. The summed E-state index contributed by atoms with van der Waals surface area (Å²) in [5, 5.41) is 35.0. The van der Waals surface area contributed by atoms with E-state index in [1.54, 1.807) is 0 Å². The molecule has 1 fully saturated rings. The summed E-state index contributed by atoms with van der Waals surface area (Å²) in [6.07, 6.45) is 0. The van der Waals surface area contributed by atoms with Crippen LogP contribution in [0.25, 0.3) is 0 Å². The third-order valence-electron chi connectivity index (χ3n) is 3.32. The minimum absolute atomic E-state index is 0.702. The monoisotopic (exact) mass is 264 g/mol. The van der Waals surface area contributed by atoms with Crippen molar-refractivity contribution in [3.63, 3.8) is 0 Å². The molecule has 1 aliphatic rings. The Balaban J connectivity index is 3.47. The van der Waals surface area contributed by atoms with E-state index < -0.39 is 46.8 Å². The average Bonchev–Trinajstić information content (AvgIpc) is 2.13. The molecule has 1 rings (SSSR count). The van der Waals surface area contributed by atoms with Gasteiger partial charge in [-0.15, -0.1) is 0 Å². The van der Waals surface area contributed by atoms with Gasteiger partial charge < -0.3 is 20.4 Å². The molecule has 18 heavy (non-hydrogen) atoms. The fourth-order valence-electron chi connectivity index (χ4n) is 2.48. The van der Waals surface area contributed by atoms with Crippen LogP contribution < -0.4 is 0 Å². The number of alkyl halides is 1. The zero-order chi connectivity index (χ0) is 14.5. The Hall–Kier alpha value is -2.19. The number of carboxylic acid groups (broad SMARTS) is 4. The number of hydrogen-bond acceptors (Lipinski definition) is 4. The number of hydrogen-bond donors (Lipinski definition) is 4. The van der Waals surface area contributed by atoms with Crippen molar-refractivity contribution < 1.29 is 44.0 Å². The lowest BCUT2D eigenvalue weighted by Gasteiger charge is -2.54. The minimum Gasteiger partial charge on any atom is -0.481 e. The van der Waals surface area contributed by atoms with Crippen molar-refractivity contribution in [2.45, 2.75) is 12.6 Å². The summed E-state index contributed by atoms with van der Waals surface area (Å²) >= 11 is 0. The second kappa shape index (κ2) is 3.65. The standard InChI is InChI=1S/C9H9FO8/c1-8(6(15)16)2(4(11)12)9(10,7(17)18)3(8)5(13)14/h2-3H,1H3,(H,11,12)(H,13,14)(H,15,16)(H,17,18). The molecule has 0 spiro atoms. The number of halogens is 1. The fourth-order valence-corrected chi connectivity index (χ4v) is 2.48. The van der Waals surface area contributed by atoms with E-state index in [1.807, 2.05) is 0 Å². The lowest BCUT2D eigenvalue weighted by Crippen LogP contribution is -2.76. The van der Waals surface area contributed by atoms with E-state index in [1.165, 1.54) is 0 Å². The highest BCUT2D eigenvalue weighted by Crippen LogP contribution is 2.61. The van der Waals surface area contributed by atoms with E-state index in [9.17, 15) is 23.6 Å². The molecule has 0 saturated heterocycles. The maximum absolute atomic E-state index is 14.1. The third-order valence-corrected chi connectivity index (χ3v) is 3.32. The van der Waals surface area contributed by atoms with E-state index in [0.29, 0.717) is 6.92 Å². The predicted molar refractivity (Wildman–Crippen MR) is 49.5 cm³/mol. The summed E-state index contributed by atoms with van der Waals surface area (Å²) in [7, 11) is 0. The summed E-state index contributed by atoms with van der Waals surface area (Å²) in [4.78, 5) is 43.4. The second-order valence-corrected chi connectivity index (χ2v) is 4.20. The minimum atomic E-state index is -3.65. The lowest BCUT2D eigenvalue weighted by atomic mass is 9.45. The first-order valence-corrected chi connectivity index (χ1v) is 4.63. The first-order chi connectivity index (χ1) is 8.02. The number of carbonyl (C=O) groups is 4. The van der Waals surface area contributed by atoms with Gasteiger partial charge in [-0.3, -0.25) is 14.4 Å².